The minimum absolute atomic E-state index is 0.135. The summed E-state index contributed by atoms with van der Waals surface area (Å²) in [6, 6.07) is 11.6. The molecule has 1 heterocycles. The number of esters is 1. The van der Waals surface area contributed by atoms with Crippen molar-refractivity contribution in [2.75, 3.05) is 18.2 Å². The molecule has 0 unspecified atom stereocenters. The summed E-state index contributed by atoms with van der Waals surface area (Å²) >= 11 is 0. The second-order valence-corrected chi connectivity index (χ2v) is 5.73. The van der Waals surface area contributed by atoms with Crippen molar-refractivity contribution in [3.63, 3.8) is 0 Å². The average Bonchev–Trinajstić information content (AvgIpc) is 2.66. The van der Waals surface area contributed by atoms with Gasteiger partial charge in [0.1, 0.15) is 0 Å². The Kier molecular flexibility index (Phi) is 5.16. The monoisotopic (exact) mass is 388 g/mol. The van der Waals surface area contributed by atoms with Crippen LogP contribution in [-0.4, -0.2) is 23.0 Å². The molecule has 0 radical (unpaired) electrons. The first-order valence-corrected chi connectivity index (χ1v) is 8.04. The third-order valence-electron chi connectivity index (χ3n) is 3.88. The lowest BCUT2D eigenvalue weighted by atomic mass is 10.0. The van der Waals surface area contributed by atoms with E-state index in [1.165, 1.54) is 19.4 Å². The van der Waals surface area contributed by atoms with Crippen LogP contribution in [0.4, 0.5) is 30.5 Å². The van der Waals surface area contributed by atoms with Crippen LogP contribution < -0.4 is 11.1 Å². The van der Waals surface area contributed by atoms with E-state index < -0.39 is 23.4 Å². The lowest BCUT2D eigenvalue weighted by Gasteiger charge is -2.12. The van der Waals surface area contributed by atoms with Crippen molar-refractivity contribution in [2.45, 2.75) is 6.18 Å². The molecule has 0 bridgehead atoms. The minimum Gasteiger partial charge on any atom is -0.465 e. The lowest BCUT2D eigenvalue weighted by Crippen LogP contribution is -2.09. The molecule has 0 saturated carbocycles. The number of hydrogen-bond acceptors (Lipinski definition) is 6. The summed E-state index contributed by atoms with van der Waals surface area (Å²) in [6.07, 6.45) is -3.07. The van der Waals surface area contributed by atoms with Gasteiger partial charge < -0.3 is 15.8 Å². The second-order valence-electron chi connectivity index (χ2n) is 5.73. The van der Waals surface area contributed by atoms with Crippen LogP contribution in [0.25, 0.3) is 11.3 Å². The molecule has 0 saturated heterocycles. The molecular formula is C19H15F3N4O2. The molecular weight excluding hydrogens is 373 g/mol. The Labute approximate surface area is 158 Å². The number of aromatic nitrogens is 2. The molecule has 3 rings (SSSR count). The van der Waals surface area contributed by atoms with Crippen molar-refractivity contribution in [3.05, 3.63) is 65.9 Å². The van der Waals surface area contributed by atoms with Gasteiger partial charge in [-0.25, -0.2) is 14.8 Å². The number of nitrogen functional groups attached to an aromatic ring is 1. The van der Waals surface area contributed by atoms with Gasteiger partial charge in [-0.3, -0.25) is 0 Å². The van der Waals surface area contributed by atoms with Gasteiger partial charge in [0.25, 0.3) is 0 Å². The Balaban J connectivity index is 1.92. The van der Waals surface area contributed by atoms with E-state index in [1.54, 1.807) is 30.3 Å². The number of rotatable bonds is 4. The maximum Gasteiger partial charge on any atom is 0.418 e. The number of carbonyl (C=O) groups is 1. The van der Waals surface area contributed by atoms with Crippen LogP contribution >= 0.6 is 0 Å². The third kappa shape index (κ3) is 4.03. The van der Waals surface area contributed by atoms with Crippen LogP contribution in [0.1, 0.15) is 15.9 Å². The van der Waals surface area contributed by atoms with Crippen molar-refractivity contribution >= 4 is 23.3 Å². The molecule has 0 atom stereocenters. The standard InChI is InChI=1S/C19H15F3N4O2/c1-28-17(27)13-5-3-2-4-12(13)16-8-9-24-18(26-16)25-11-6-7-14(15(23)10-11)19(20,21)22/h2-10H,23H2,1H3,(H,24,25,26). The van der Waals surface area contributed by atoms with Gasteiger partial charge in [-0.2, -0.15) is 13.2 Å². The Bertz CT molecular complexity index is 1020. The van der Waals surface area contributed by atoms with Gasteiger partial charge in [0.15, 0.2) is 0 Å². The number of methoxy groups -OCH3 is 1. The van der Waals surface area contributed by atoms with Crippen LogP contribution in [0.2, 0.25) is 0 Å². The molecule has 6 nitrogen and oxygen atoms in total. The number of halogens is 3. The SMILES string of the molecule is COC(=O)c1ccccc1-c1ccnc(Nc2ccc(C(F)(F)F)c(N)c2)n1. The van der Waals surface area contributed by atoms with Gasteiger partial charge in [0, 0.05) is 23.1 Å². The Morgan fingerprint density at radius 3 is 2.57 bits per heavy atom. The normalized spacial score (nSPS) is 11.1. The molecule has 0 fully saturated rings. The van der Waals surface area contributed by atoms with E-state index in [1.807, 2.05) is 0 Å². The smallest absolute Gasteiger partial charge is 0.418 e. The molecule has 3 aromatic rings. The molecule has 144 valence electrons. The number of anilines is 3. The largest absolute Gasteiger partial charge is 0.465 e. The van der Waals surface area contributed by atoms with Crippen molar-refractivity contribution < 1.29 is 22.7 Å². The second kappa shape index (κ2) is 7.55. The van der Waals surface area contributed by atoms with Gasteiger partial charge in [0.05, 0.1) is 23.9 Å². The summed E-state index contributed by atoms with van der Waals surface area (Å²) in [5.41, 5.74) is 5.77. The molecule has 0 spiro atoms. The first kappa shape index (κ1) is 19.2. The molecule has 28 heavy (non-hydrogen) atoms. The lowest BCUT2D eigenvalue weighted by molar-refractivity contribution is -0.136. The Hall–Kier alpha value is -3.62. The van der Waals surface area contributed by atoms with E-state index in [4.69, 9.17) is 10.5 Å². The number of benzene rings is 2. The van der Waals surface area contributed by atoms with Crippen molar-refractivity contribution in [1.29, 1.82) is 0 Å². The number of nitrogens with zero attached hydrogens (tertiary/aromatic N) is 2. The predicted octanol–water partition coefficient (Wildman–Crippen LogP) is 4.27. The molecule has 2 aromatic carbocycles. The highest BCUT2D eigenvalue weighted by Gasteiger charge is 2.32. The fourth-order valence-electron chi connectivity index (χ4n) is 2.59. The van der Waals surface area contributed by atoms with Crippen LogP contribution in [0.5, 0.6) is 0 Å². The number of alkyl halides is 3. The number of carbonyl (C=O) groups excluding carboxylic acids is 1. The van der Waals surface area contributed by atoms with E-state index in [0.717, 1.165) is 12.1 Å². The highest BCUT2D eigenvalue weighted by Crippen LogP contribution is 2.35. The van der Waals surface area contributed by atoms with E-state index in [-0.39, 0.29) is 5.95 Å². The summed E-state index contributed by atoms with van der Waals surface area (Å²) in [7, 11) is 1.28. The summed E-state index contributed by atoms with van der Waals surface area (Å²) in [4.78, 5) is 20.3. The average molecular weight is 388 g/mol. The van der Waals surface area contributed by atoms with Crippen LogP contribution in [0.3, 0.4) is 0 Å². The van der Waals surface area contributed by atoms with E-state index in [2.05, 4.69) is 15.3 Å². The maximum absolute atomic E-state index is 12.8. The zero-order chi connectivity index (χ0) is 20.3. The summed E-state index contributed by atoms with van der Waals surface area (Å²) in [6.45, 7) is 0. The van der Waals surface area contributed by atoms with Crippen LogP contribution in [0, 0.1) is 0 Å². The van der Waals surface area contributed by atoms with Crippen molar-refractivity contribution in [2.24, 2.45) is 0 Å². The van der Waals surface area contributed by atoms with Crippen LogP contribution in [-0.2, 0) is 10.9 Å². The van der Waals surface area contributed by atoms with Gasteiger partial charge in [0.2, 0.25) is 5.95 Å². The van der Waals surface area contributed by atoms with Crippen molar-refractivity contribution in [3.8, 4) is 11.3 Å². The van der Waals surface area contributed by atoms with E-state index in [9.17, 15) is 18.0 Å². The minimum atomic E-state index is -4.53. The first-order chi connectivity index (χ1) is 13.3. The topological polar surface area (TPSA) is 90.1 Å². The Morgan fingerprint density at radius 1 is 1.14 bits per heavy atom. The van der Waals surface area contributed by atoms with E-state index in [0.29, 0.717) is 22.5 Å². The van der Waals surface area contributed by atoms with Gasteiger partial charge in [-0.1, -0.05) is 18.2 Å². The van der Waals surface area contributed by atoms with Gasteiger partial charge >= 0.3 is 12.1 Å². The molecule has 3 N–H and O–H groups in total. The molecule has 0 aliphatic heterocycles. The zero-order valence-corrected chi connectivity index (χ0v) is 14.6. The number of hydrogen-bond donors (Lipinski definition) is 2. The summed E-state index contributed by atoms with van der Waals surface area (Å²) in [5.74, 6) is -0.379. The van der Waals surface area contributed by atoms with Crippen molar-refractivity contribution in [1.82, 2.24) is 9.97 Å². The van der Waals surface area contributed by atoms with E-state index >= 15 is 0 Å². The highest BCUT2D eigenvalue weighted by atomic mass is 19.4. The molecule has 9 heteroatoms. The fraction of sp³-hybridized carbons (Fsp3) is 0.105. The molecule has 1 aromatic heterocycles. The first-order valence-electron chi connectivity index (χ1n) is 8.04. The number of ether oxygens (including phenoxy) is 1. The molecule has 0 amide bonds. The van der Waals surface area contributed by atoms with Crippen LogP contribution in [0.15, 0.2) is 54.7 Å². The maximum atomic E-state index is 12.8. The third-order valence-corrected chi connectivity index (χ3v) is 3.88. The number of nitrogens with one attached hydrogen (secondary N) is 1. The highest BCUT2D eigenvalue weighted by molar-refractivity contribution is 5.96. The fourth-order valence-corrected chi connectivity index (χ4v) is 2.59. The predicted molar refractivity (Wildman–Crippen MR) is 97.9 cm³/mol. The zero-order valence-electron chi connectivity index (χ0n) is 14.6. The quantitative estimate of drug-likeness (QED) is 0.512. The molecule has 0 aliphatic rings. The number of nitrogens with two attached hydrogens (primary N) is 1. The summed E-state index contributed by atoms with van der Waals surface area (Å²) < 4.78 is 43.2. The summed E-state index contributed by atoms with van der Waals surface area (Å²) in [5, 5.41) is 2.81. The van der Waals surface area contributed by atoms with Gasteiger partial charge in [-0.05, 0) is 30.3 Å². The molecule has 0 aliphatic carbocycles. The Morgan fingerprint density at radius 2 is 1.89 bits per heavy atom. The van der Waals surface area contributed by atoms with Gasteiger partial charge in [-0.15, -0.1) is 0 Å².